The third kappa shape index (κ3) is 2.38. The maximum atomic E-state index is 6.07. The maximum absolute atomic E-state index is 6.07. The molecule has 1 heterocycles. The summed E-state index contributed by atoms with van der Waals surface area (Å²) < 4.78 is 10.4. The number of hydrogen-bond donors (Lipinski definition) is 0. The van der Waals surface area contributed by atoms with Crippen LogP contribution >= 0.6 is 11.6 Å². The predicted molar refractivity (Wildman–Crippen MR) is 70.3 cm³/mol. The summed E-state index contributed by atoms with van der Waals surface area (Å²) in [7, 11) is 3.15. The number of ether oxygens (including phenoxy) is 2. The van der Waals surface area contributed by atoms with Gasteiger partial charge in [0.2, 0.25) is 0 Å². The van der Waals surface area contributed by atoms with Crippen LogP contribution < -0.4 is 9.47 Å². The minimum Gasteiger partial charge on any atom is -0.496 e. The van der Waals surface area contributed by atoms with Crippen LogP contribution in [0, 0.1) is 6.92 Å². The Balaban J connectivity index is 2.61. The van der Waals surface area contributed by atoms with E-state index in [-0.39, 0.29) is 0 Å². The SMILES string of the molecule is COc1nccc(-c2cc(Cl)cc(C)c2OC)n1. The first-order chi connectivity index (χ1) is 8.65. The summed E-state index contributed by atoms with van der Waals surface area (Å²) >= 11 is 6.07. The Morgan fingerprint density at radius 2 is 1.94 bits per heavy atom. The van der Waals surface area contributed by atoms with E-state index in [1.54, 1.807) is 19.4 Å². The monoisotopic (exact) mass is 264 g/mol. The Hall–Kier alpha value is -1.81. The molecule has 1 aromatic heterocycles. The first-order valence-electron chi connectivity index (χ1n) is 5.37. The summed E-state index contributed by atoms with van der Waals surface area (Å²) in [6.07, 6.45) is 1.64. The number of benzene rings is 1. The molecule has 0 spiro atoms. The molecule has 0 saturated carbocycles. The largest absolute Gasteiger partial charge is 0.496 e. The highest BCUT2D eigenvalue weighted by molar-refractivity contribution is 6.31. The van der Waals surface area contributed by atoms with E-state index in [2.05, 4.69) is 9.97 Å². The number of methoxy groups -OCH3 is 2. The summed E-state index contributed by atoms with van der Waals surface area (Å²) in [4.78, 5) is 8.26. The van der Waals surface area contributed by atoms with Crippen molar-refractivity contribution in [1.82, 2.24) is 9.97 Å². The van der Waals surface area contributed by atoms with Gasteiger partial charge in [0.1, 0.15) is 5.75 Å². The van der Waals surface area contributed by atoms with Gasteiger partial charge >= 0.3 is 6.01 Å². The molecule has 1 aromatic carbocycles. The van der Waals surface area contributed by atoms with Gasteiger partial charge in [-0.2, -0.15) is 4.98 Å². The maximum Gasteiger partial charge on any atom is 0.316 e. The van der Waals surface area contributed by atoms with Crippen LogP contribution in [0.25, 0.3) is 11.3 Å². The zero-order valence-corrected chi connectivity index (χ0v) is 11.2. The lowest BCUT2D eigenvalue weighted by atomic mass is 10.1. The van der Waals surface area contributed by atoms with E-state index in [9.17, 15) is 0 Å². The fourth-order valence-electron chi connectivity index (χ4n) is 1.78. The highest BCUT2D eigenvalue weighted by Gasteiger charge is 2.12. The van der Waals surface area contributed by atoms with Crippen LogP contribution in [0.4, 0.5) is 0 Å². The average Bonchev–Trinajstić information content (AvgIpc) is 2.38. The standard InChI is InChI=1S/C13H13ClN2O2/c1-8-6-9(14)7-10(12(8)17-2)11-4-5-15-13(16-11)18-3/h4-7H,1-3H3. The van der Waals surface area contributed by atoms with Crippen molar-refractivity contribution in [2.24, 2.45) is 0 Å². The zero-order chi connectivity index (χ0) is 13.1. The molecule has 0 bridgehead atoms. The summed E-state index contributed by atoms with van der Waals surface area (Å²) in [5.41, 5.74) is 2.49. The molecule has 0 amide bonds. The van der Waals surface area contributed by atoms with Gasteiger partial charge < -0.3 is 9.47 Å². The summed E-state index contributed by atoms with van der Waals surface area (Å²) in [5, 5.41) is 0.640. The molecule has 0 unspecified atom stereocenters. The van der Waals surface area contributed by atoms with E-state index in [0.29, 0.717) is 16.7 Å². The fraction of sp³-hybridized carbons (Fsp3) is 0.231. The lowest BCUT2D eigenvalue weighted by molar-refractivity contribution is 0.380. The molecule has 0 radical (unpaired) electrons. The number of hydrogen-bond acceptors (Lipinski definition) is 4. The molecule has 18 heavy (non-hydrogen) atoms. The van der Waals surface area contributed by atoms with Gasteiger partial charge in [0.15, 0.2) is 0 Å². The van der Waals surface area contributed by atoms with Crippen LogP contribution in [0.2, 0.25) is 5.02 Å². The quantitative estimate of drug-likeness (QED) is 0.854. The topological polar surface area (TPSA) is 44.2 Å². The molecule has 2 aromatic rings. The second kappa shape index (κ2) is 5.23. The van der Waals surface area contributed by atoms with Crippen LogP contribution in [0.15, 0.2) is 24.4 Å². The average molecular weight is 265 g/mol. The molecule has 0 aliphatic carbocycles. The Bertz CT molecular complexity index is 573. The van der Waals surface area contributed by atoms with Crippen LogP contribution in [0.1, 0.15) is 5.56 Å². The Labute approximate surface area is 111 Å². The van der Waals surface area contributed by atoms with Crippen molar-refractivity contribution >= 4 is 11.6 Å². The van der Waals surface area contributed by atoms with Crippen LogP contribution in [-0.2, 0) is 0 Å². The fourth-order valence-corrected chi connectivity index (χ4v) is 2.05. The van der Waals surface area contributed by atoms with Crippen molar-refractivity contribution in [3.63, 3.8) is 0 Å². The minimum atomic E-state index is 0.312. The Kier molecular flexibility index (Phi) is 3.67. The van der Waals surface area contributed by atoms with Crippen molar-refractivity contribution in [2.45, 2.75) is 6.92 Å². The molecule has 0 saturated heterocycles. The van der Waals surface area contributed by atoms with Crippen molar-refractivity contribution in [3.05, 3.63) is 35.0 Å². The molecule has 0 aliphatic rings. The number of aromatic nitrogens is 2. The highest BCUT2D eigenvalue weighted by Crippen LogP contribution is 2.34. The van der Waals surface area contributed by atoms with Crippen molar-refractivity contribution in [2.75, 3.05) is 14.2 Å². The van der Waals surface area contributed by atoms with Gasteiger partial charge in [-0.3, -0.25) is 0 Å². The Morgan fingerprint density at radius 1 is 1.17 bits per heavy atom. The summed E-state index contributed by atoms with van der Waals surface area (Å²) in [5.74, 6) is 0.750. The summed E-state index contributed by atoms with van der Waals surface area (Å²) in [6.45, 7) is 1.94. The second-order valence-corrected chi connectivity index (χ2v) is 4.17. The molecule has 4 nitrogen and oxygen atoms in total. The number of rotatable bonds is 3. The minimum absolute atomic E-state index is 0.312. The van der Waals surface area contributed by atoms with Gasteiger partial charge in [0, 0.05) is 16.8 Å². The van der Waals surface area contributed by atoms with E-state index in [0.717, 1.165) is 16.9 Å². The normalized spacial score (nSPS) is 10.2. The molecular weight excluding hydrogens is 252 g/mol. The zero-order valence-electron chi connectivity index (χ0n) is 10.4. The van der Waals surface area contributed by atoms with Gasteiger partial charge in [-0.25, -0.2) is 4.98 Å². The molecule has 5 heteroatoms. The van der Waals surface area contributed by atoms with E-state index in [1.165, 1.54) is 7.11 Å². The van der Waals surface area contributed by atoms with Gasteiger partial charge in [0.25, 0.3) is 0 Å². The van der Waals surface area contributed by atoms with Gasteiger partial charge in [-0.1, -0.05) is 11.6 Å². The number of aryl methyl sites for hydroxylation is 1. The third-order valence-corrected chi connectivity index (χ3v) is 2.75. The first kappa shape index (κ1) is 12.6. The van der Waals surface area contributed by atoms with Crippen molar-refractivity contribution in [3.8, 4) is 23.0 Å². The first-order valence-corrected chi connectivity index (χ1v) is 5.75. The number of nitrogens with zero attached hydrogens (tertiary/aromatic N) is 2. The molecule has 2 rings (SSSR count). The smallest absolute Gasteiger partial charge is 0.316 e. The third-order valence-electron chi connectivity index (χ3n) is 2.54. The second-order valence-electron chi connectivity index (χ2n) is 3.73. The lowest BCUT2D eigenvalue weighted by Crippen LogP contribution is -1.96. The van der Waals surface area contributed by atoms with Gasteiger partial charge in [0.05, 0.1) is 19.9 Å². The molecule has 0 aliphatic heterocycles. The van der Waals surface area contributed by atoms with Crippen LogP contribution in [-0.4, -0.2) is 24.2 Å². The van der Waals surface area contributed by atoms with Gasteiger partial charge in [-0.05, 0) is 30.7 Å². The predicted octanol–water partition coefficient (Wildman–Crippen LogP) is 3.12. The van der Waals surface area contributed by atoms with E-state index >= 15 is 0 Å². The highest BCUT2D eigenvalue weighted by atomic mass is 35.5. The van der Waals surface area contributed by atoms with Crippen molar-refractivity contribution in [1.29, 1.82) is 0 Å². The Morgan fingerprint density at radius 3 is 2.61 bits per heavy atom. The molecule has 0 N–H and O–H groups in total. The van der Waals surface area contributed by atoms with Crippen LogP contribution in [0.3, 0.4) is 0 Å². The van der Waals surface area contributed by atoms with Crippen LogP contribution in [0.5, 0.6) is 11.8 Å². The van der Waals surface area contributed by atoms with E-state index < -0.39 is 0 Å². The van der Waals surface area contributed by atoms with E-state index in [4.69, 9.17) is 21.1 Å². The molecule has 94 valence electrons. The van der Waals surface area contributed by atoms with E-state index in [1.807, 2.05) is 19.1 Å². The van der Waals surface area contributed by atoms with Crippen molar-refractivity contribution < 1.29 is 9.47 Å². The molecule has 0 atom stereocenters. The van der Waals surface area contributed by atoms with Gasteiger partial charge in [-0.15, -0.1) is 0 Å². The summed E-state index contributed by atoms with van der Waals surface area (Å²) in [6, 6.07) is 5.76. The molecule has 0 fully saturated rings. The lowest BCUT2D eigenvalue weighted by Gasteiger charge is -2.12. The number of halogens is 1. The molecular formula is C13H13ClN2O2.